The van der Waals surface area contributed by atoms with Gasteiger partial charge >= 0.3 is 0 Å². The average molecular weight is 258 g/mol. The predicted octanol–water partition coefficient (Wildman–Crippen LogP) is 2.16. The van der Waals surface area contributed by atoms with Crippen molar-refractivity contribution in [2.45, 2.75) is 25.0 Å². The van der Waals surface area contributed by atoms with Gasteiger partial charge in [-0.05, 0) is 23.6 Å². The summed E-state index contributed by atoms with van der Waals surface area (Å²) < 4.78 is 7.51. The van der Waals surface area contributed by atoms with Crippen LogP contribution in [0.5, 0.6) is 0 Å². The fourth-order valence-electron chi connectivity index (χ4n) is 2.61. The second-order valence-corrected chi connectivity index (χ2v) is 4.97. The van der Waals surface area contributed by atoms with Crippen LogP contribution in [0.25, 0.3) is 0 Å². The van der Waals surface area contributed by atoms with Crippen molar-refractivity contribution in [1.29, 1.82) is 0 Å². The number of rotatable bonds is 3. The number of hydrogen-bond donors (Lipinski definition) is 1. The lowest BCUT2D eigenvalue weighted by molar-refractivity contribution is 0.00270. The summed E-state index contributed by atoms with van der Waals surface area (Å²) in [5, 5.41) is 14.5. The number of nitrogens with zero attached hydrogens (tertiary/aromatic N) is 2. The Morgan fingerprint density at radius 3 is 3.05 bits per heavy atom. The molecule has 1 aromatic carbocycles. The minimum Gasteiger partial charge on any atom is -0.387 e. The Bertz CT molecular complexity index is 565. The van der Waals surface area contributed by atoms with Crippen molar-refractivity contribution in [3.05, 3.63) is 53.3 Å². The molecule has 4 nitrogen and oxygen atoms in total. The van der Waals surface area contributed by atoms with Crippen LogP contribution >= 0.6 is 0 Å². The molecular formula is C15H18N2O2. The summed E-state index contributed by atoms with van der Waals surface area (Å²) in [6.07, 6.45) is 2.72. The van der Waals surface area contributed by atoms with Gasteiger partial charge in [-0.15, -0.1) is 0 Å². The molecule has 100 valence electrons. The van der Waals surface area contributed by atoms with E-state index < -0.39 is 6.10 Å². The molecule has 0 fully saturated rings. The zero-order chi connectivity index (χ0) is 13.2. The van der Waals surface area contributed by atoms with Crippen LogP contribution in [0.15, 0.2) is 36.5 Å². The van der Waals surface area contributed by atoms with E-state index in [0.717, 1.165) is 13.0 Å². The van der Waals surface area contributed by atoms with Gasteiger partial charge in [-0.1, -0.05) is 24.3 Å². The zero-order valence-corrected chi connectivity index (χ0v) is 11.0. The minimum atomic E-state index is -0.586. The van der Waals surface area contributed by atoms with Gasteiger partial charge in [0, 0.05) is 19.7 Å². The van der Waals surface area contributed by atoms with Crippen molar-refractivity contribution < 1.29 is 9.84 Å². The maximum atomic E-state index is 10.3. The van der Waals surface area contributed by atoms with Gasteiger partial charge in [0.1, 0.15) is 6.10 Å². The molecule has 0 saturated carbocycles. The van der Waals surface area contributed by atoms with Crippen LogP contribution in [0.4, 0.5) is 0 Å². The molecule has 2 aromatic rings. The van der Waals surface area contributed by atoms with Gasteiger partial charge in [0.2, 0.25) is 0 Å². The first-order chi connectivity index (χ1) is 9.24. The Balaban J connectivity index is 1.77. The Labute approximate surface area is 112 Å². The second-order valence-electron chi connectivity index (χ2n) is 4.97. The molecule has 1 aliphatic rings. The molecule has 0 aliphatic carbocycles. The lowest BCUT2D eigenvalue weighted by Crippen LogP contribution is -2.18. The quantitative estimate of drug-likeness (QED) is 0.917. The summed E-state index contributed by atoms with van der Waals surface area (Å²) in [7, 11) is 1.85. The molecule has 0 spiro atoms. The molecule has 0 saturated heterocycles. The highest BCUT2D eigenvalue weighted by Crippen LogP contribution is 2.33. The molecule has 19 heavy (non-hydrogen) atoms. The monoisotopic (exact) mass is 258 g/mol. The molecule has 1 N–H and O–H groups in total. The van der Waals surface area contributed by atoms with Crippen LogP contribution < -0.4 is 0 Å². The molecule has 3 rings (SSSR count). The number of benzene rings is 1. The molecule has 2 atom stereocenters. The van der Waals surface area contributed by atoms with Crippen LogP contribution in [0, 0.1) is 0 Å². The van der Waals surface area contributed by atoms with Gasteiger partial charge in [0.05, 0.1) is 18.4 Å². The van der Waals surface area contributed by atoms with Crippen LogP contribution in [-0.4, -0.2) is 21.5 Å². The number of ether oxygens (including phenoxy) is 1. The van der Waals surface area contributed by atoms with E-state index >= 15 is 0 Å². The Morgan fingerprint density at radius 2 is 2.26 bits per heavy atom. The SMILES string of the molecule is Cn1ccc(C(O)CC2OCCc3ccccc32)n1. The van der Waals surface area contributed by atoms with E-state index in [1.54, 1.807) is 4.68 Å². The highest BCUT2D eigenvalue weighted by atomic mass is 16.5. The van der Waals surface area contributed by atoms with Crippen molar-refractivity contribution in [2.24, 2.45) is 7.05 Å². The van der Waals surface area contributed by atoms with Gasteiger partial charge < -0.3 is 9.84 Å². The van der Waals surface area contributed by atoms with Gasteiger partial charge in [0.25, 0.3) is 0 Å². The number of aryl methyl sites for hydroxylation is 1. The van der Waals surface area contributed by atoms with Gasteiger partial charge in [-0.3, -0.25) is 4.68 Å². The lowest BCUT2D eigenvalue weighted by atomic mass is 9.94. The Kier molecular flexibility index (Phi) is 3.36. The smallest absolute Gasteiger partial charge is 0.101 e. The largest absolute Gasteiger partial charge is 0.387 e. The number of aliphatic hydroxyl groups is 1. The van der Waals surface area contributed by atoms with Crippen LogP contribution in [0.2, 0.25) is 0 Å². The summed E-state index contributed by atoms with van der Waals surface area (Å²) in [6, 6.07) is 10.1. The van der Waals surface area contributed by atoms with E-state index in [1.807, 2.05) is 25.4 Å². The van der Waals surface area contributed by atoms with Gasteiger partial charge in [-0.2, -0.15) is 5.10 Å². The summed E-state index contributed by atoms with van der Waals surface area (Å²) in [4.78, 5) is 0. The van der Waals surface area contributed by atoms with E-state index in [4.69, 9.17) is 4.74 Å². The van der Waals surface area contributed by atoms with Gasteiger partial charge in [0.15, 0.2) is 0 Å². The fraction of sp³-hybridized carbons (Fsp3) is 0.400. The third-order valence-corrected chi connectivity index (χ3v) is 3.61. The topological polar surface area (TPSA) is 47.3 Å². The van der Waals surface area contributed by atoms with Crippen molar-refractivity contribution >= 4 is 0 Å². The number of aromatic nitrogens is 2. The Morgan fingerprint density at radius 1 is 1.42 bits per heavy atom. The maximum absolute atomic E-state index is 10.3. The first-order valence-corrected chi connectivity index (χ1v) is 6.61. The molecule has 0 bridgehead atoms. The van der Waals surface area contributed by atoms with E-state index in [2.05, 4.69) is 23.3 Å². The van der Waals surface area contributed by atoms with Crippen LogP contribution in [0.3, 0.4) is 0 Å². The highest BCUT2D eigenvalue weighted by Gasteiger charge is 2.24. The molecule has 2 heterocycles. The molecule has 4 heteroatoms. The number of fused-ring (bicyclic) bond motifs is 1. The van der Waals surface area contributed by atoms with Crippen molar-refractivity contribution in [2.75, 3.05) is 6.61 Å². The Hall–Kier alpha value is -1.65. The molecule has 0 amide bonds. The van der Waals surface area contributed by atoms with Crippen molar-refractivity contribution in [3.8, 4) is 0 Å². The van der Waals surface area contributed by atoms with Crippen LogP contribution in [-0.2, 0) is 18.2 Å². The summed E-state index contributed by atoms with van der Waals surface area (Å²) in [5.74, 6) is 0. The van der Waals surface area contributed by atoms with E-state index in [9.17, 15) is 5.11 Å². The highest BCUT2D eigenvalue weighted by molar-refractivity contribution is 5.31. The first kappa shape index (κ1) is 12.4. The summed E-state index contributed by atoms with van der Waals surface area (Å²) >= 11 is 0. The second kappa shape index (κ2) is 5.15. The van der Waals surface area contributed by atoms with Crippen LogP contribution in [0.1, 0.15) is 35.4 Å². The maximum Gasteiger partial charge on any atom is 0.101 e. The summed E-state index contributed by atoms with van der Waals surface area (Å²) in [6.45, 7) is 0.719. The van der Waals surface area contributed by atoms with Gasteiger partial charge in [-0.25, -0.2) is 0 Å². The van der Waals surface area contributed by atoms with E-state index in [-0.39, 0.29) is 6.10 Å². The van der Waals surface area contributed by atoms with Crippen molar-refractivity contribution in [3.63, 3.8) is 0 Å². The zero-order valence-electron chi connectivity index (χ0n) is 11.0. The molecule has 0 radical (unpaired) electrons. The normalized spacial score (nSPS) is 20.0. The lowest BCUT2D eigenvalue weighted by Gasteiger charge is -2.27. The number of aliphatic hydroxyl groups excluding tert-OH is 1. The molecular weight excluding hydrogens is 240 g/mol. The fourth-order valence-corrected chi connectivity index (χ4v) is 2.61. The molecule has 1 aliphatic heterocycles. The summed E-state index contributed by atoms with van der Waals surface area (Å²) in [5.41, 5.74) is 3.23. The molecule has 1 aromatic heterocycles. The minimum absolute atomic E-state index is 0.0399. The number of hydrogen-bond acceptors (Lipinski definition) is 3. The standard InChI is InChI=1S/C15H18N2O2/c1-17-8-6-13(16-17)14(18)10-15-12-5-3-2-4-11(12)7-9-19-15/h2-6,8,14-15,18H,7,9-10H2,1H3. The van der Waals surface area contributed by atoms with E-state index in [1.165, 1.54) is 11.1 Å². The third kappa shape index (κ3) is 2.55. The van der Waals surface area contributed by atoms with E-state index in [0.29, 0.717) is 12.1 Å². The average Bonchev–Trinajstić information content (AvgIpc) is 2.86. The van der Waals surface area contributed by atoms with Crippen molar-refractivity contribution in [1.82, 2.24) is 9.78 Å². The molecule has 2 unspecified atom stereocenters. The first-order valence-electron chi connectivity index (χ1n) is 6.61. The third-order valence-electron chi connectivity index (χ3n) is 3.61. The predicted molar refractivity (Wildman–Crippen MR) is 71.6 cm³/mol.